The summed E-state index contributed by atoms with van der Waals surface area (Å²) in [7, 11) is 0. The first-order valence-corrected chi connectivity index (χ1v) is 6.36. The Hall–Kier alpha value is -0.440. The summed E-state index contributed by atoms with van der Waals surface area (Å²) in [5.74, 6) is 0. The van der Waals surface area contributed by atoms with Crippen LogP contribution in [0.1, 0.15) is 13.3 Å². The molecule has 1 aromatic rings. The van der Waals surface area contributed by atoms with E-state index >= 15 is 0 Å². The lowest BCUT2D eigenvalue weighted by Gasteiger charge is -2.25. The van der Waals surface area contributed by atoms with Crippen LogP contribution in [-0.4, -0.2) is 25.7 Å². The van der Waals surface area contributed by atoms with Crippen molar-refractivity contribution in [3.63, 3.8) is 0 Å². The minimum absolute atomic E-state index is 0.484. The van der Waals surface area contributed by atoms with Gasteiger partial charge in [0.25, 0.3) is 0 Å². The second kappa shape index (κ2) is 5.26. The maximum absolute atomic E-state index is 6.21. The van der Waals surface area contributed by atoms with E-state index in [9.17, 15) is 0 Å². The molecule has 0 aliphatic carbocycles. The molecule has 1 saturated heterocycles. The fraction of sp³-hybridized carbons (Fsp3) is 0.500. The minimum atomic E-state index is 0.484. The molecule has 0 aromatic heterocycles. The lowest BCUT2D eigenvalue weighted by atomic mass is 10.2. The van der Waals surface area contributed by atoms with Crippen LogP contribution in [0, 0.1) is 0 Å². The van der Waals surface area contributed by atoms with Crippen LogP contribution in [0.3, 0.4) is 0 Å². The smallest absolute Gasteiger partial charge is 0.0640 e. The van der Waals surface area contributed by atoms with Crippen molar-refractivity contribution >= 4 is 28.9 Å². The molecule has 16 heavy (non-hydrogen) atoms. The zero-order valence-electron chi connectivity index (χ0n) is 9.34. The van der Waals surface area contributed by atoms with Gasteiger partial charge >= 0.3 is 0 Å². The van der Waals surface area contributed by atoms with Crippen molar-refractivity contribution in [2.75, 3.05) is 24.5 Å². The third-order valence-electron chi connectivity index (χ3n) is 2.84. The zero-order chi connectivity index (χ0) is 11.5. The van der Waals surface area contributed by atoms with Crippen LogP contribution >= 0.6 is 23.2 Å². The van der Waals surface area contributed by atoms with Crippen LogP contribution in [0.5, 0.6) is 0 Å². The molecule has 88 valence electrons. The normalized spacial score (nSPS) is 21.9. The van der Waals surface area contributed by atoms with E-state index in [2.05, 4.69) is 17.1 Å². The third-order valence-corrected chi connectivity index (χ3v) is 3.40. The van der Waals surface area contributed by atoms with Crippen LogP contribution in [-0.2, 0) is 0 Å². The molecule has 2 nitrogen and oxygen atoms in total. The van der Waals surface area contributed by atoms with Crippen LogP contribution in [0.25, 0.3) is 0 Å². The van der Waals surface area contributed by atoms with Crippen molar-refractivity contribution in [1.29, 1.82) is 0 Å². The molecular formula is C12H16Cl2N2. The largest absolute Gasteiger partial charge is 0.369 e. The summed E-state index contributed by atoms with van der Waals surface area (Å²) in [4.78, 5) is 2.30. The Labute approximate surface area is 107 Å². The molecule has 1 atom stereocenters. The van der Waals surface area contributed by atoms with Gasteiger partial charge in [-0.05, 0) is 38.1 Å². The average Bonchev–Trinajstić information content (AvgIpc) is 2.46. The molecule has 4 heteroatoms. The Morgan fingerprint density at radius 3 is 3.00 bits per heavy atom. The fourth-order valence-corrected chi connectivity index (χ4v) is 2.46. The van der Waals surface area contributed by atoms with Crippen LogP contribution in [0.4, 0.5) is 5.69 Å². The molecule has 2 rings (SSSR count). The second-order valence-corrected chi connectivity index (χ2v) is 5.09. The van der Waals surface area contributed by atoms with Gasteiger partial charge in [0.15, 0.2) is 0 Å². The summed E-state index contributed by atoms with van der Waals surface area (Å²) in [6.07, 6.45) is 1.13. The maximum Gasteiger partial charge on any atom is 0.0640 e. The van der Waals surface area contributed by atoms with E-state index in [1.807, 2.05) is 18.2 Å². The summed E-state index contributed by atoms with van der Waals surface area (Å²) in [6, 6.07) is 6.12. The average molecular weight is 259 g/mol. The highest BCUT2D eigenvalue weighted by Crippen LogP contribution is 2.29. The Morgan fingerprint density at radius 1 is 1.38 bits per heavy atom. The summed E-state index contributed by atoms with van der Waals surface area (Å²) in [5, 5.41) is 4.98. The molecule has 1 heterocycles. The highest BCUT2D eigenvalue weighted by Gasteiger charge is 2.16. The molecule has 0 amide bonds. The van der Waals surface area contributed by atoms with Gasteiger partial charge in [-0.1, -0.05) is 23.2 Å². The van der Waals surface area contributed by atoms with E-state index in [1.54, 1.807) is 0 Å². The van der Waals surface area contributed by atoms with Crippen molar-refractivity contribution in [2.45, 2.75) is 19.4 Å². The number of nitrogens with one attached hydrogen (secondary N) is 1. The SMILES string of the molecule is CC1CN(c2cc(Cl)ccc2Cl)CCCN1. The monoisotopic (exact) mass is 258 g/mol. The van der Waals surface area contributed by atoms with Crippen molar-refractivity contribution in [3.05, 3.63) is 28.2 Å². The predicted octanol–water partition coefficient (Wildman–Crippen LogP) is 3.18. The second-order valence-electron chi connectivity index (χ2n) is 4.25. The Bertz CT molecular complexity index is 368. The Balaban J connectivity index is 2.24. The number of benzene rings is 1. The number of halogens is 2. The van der Waals surface area contributed by atoms with E-state index in [0.29, 0.717) is 6.04 Å². The zero-order valence-corrected chi connectivity index (χ0v) is 10.9. The minimum Gasteiger partial charge on any atom is -0.369 e. The van der Waals surface area contributed by atoms with E-state index in [0.717, 1.165) is 41.8 Å². The van der Waals surface area contributed by atoms with Crippen LogP contribution in [0.15, 0.2) is 18.2 Å². The Kier molecular flexibility index (Phi) is 3.95. The summed E-state index contributed by atoms with van der Waals surface area (Å²) >= 11 is 12.2. The number of anilines is 1. The number of rotatable bonds is 1. The first-order valence-electron chi connectivity index (χ1n) is 5.60. The highest BCUT2D eigenvalue weighted by molar-refractivity contribution is 6.35. The standard InChI is InChI=1S/C12H16Cl2N2/c1-9-8-16(6-2-5-15-9)12-7-10(13)3-4-11(12)14/h3-4,7,9,15H,2,5-6,8H2,1H3. The van der Waals surface area contributed by atoms with Crippen molar-refractivity contribution in [1.82, 2.24) is 5.32 Å². The quantitative estimate of drug-likeness (QED) is 0.833. The molecule has 0 saturated carbocycles. The summed E-state index contributed by atoms with van der Waals surface area (Å²) in [5.41, 5.74) is 1.05. The molecule has 1 aliphatic rings. The molecule has 1 aliphatic heterocycles. The Morgan fingerprint density at radius 2 is 2.19 bits per heavy atom. The first kappa shape index (κ1) is 12.0. The lowest BCUT2D eigenvalue weighted by Crippen LogP contribution is -2.35. The van der Waals surface area contributed by atoms with Gasteiger partial charge in [0.2, 0.25) is 0 Å². The van der Waals surface area contributed by atoms with E-state index in [1.165, 1.54) is 0 Å². The predicted molar refractivity (Wildman–Crippen MR) is 70.8 cm³/mol. The number of hydrogen-bond donors (Lipinski definition) is 1. The topological polar surface area (TPSA) is 15.3 Å². The highest BCUT2D eigenvalue weighted by atomic mass is 35.5. The molecule has 0 radical (unpaired) electrons. The molecule has 1 aromatic carbocycles. The van der Waals surface area contributed by atoms with Gasteiger partial charge in [0.05, 0.1) is 10.7 Å². The van der Waals surface area contributed by atoms with E-state index in [-0.39, 0.29) is 0 Å². The van der Waals surface area contributed by atoms with Crippen molar-refractivity contribution < 1.29 is 0 Å². The molecule has 0 spiro atoms. The van der Waals surface area contributed by atoms with Gasteiger partial charge in [0.1, 0.15) is 0 Å². The fourth-order valence-electron chi connectivity index (χ4n) is 2.05. The third kappa shape index (κ3) is 2.82. The van der Waals surface area contributed by atoms with Crippen LogP contribution < -0.4 is 10.2 Å². The van der Waals surface area contributed by atoms with Gasteiger partial charge in [-0.25, -0.2) is 0 Å². The molecular weight excluding hydrogens is 243 g/mol. The van der Waals surface area contributed by atoms with Gasteiger partial charge in [-0.15, -0.1) is 0 Å². The van der Waals surface area contributed by atoms with Gasteiger partial charge in [-0.2, -0.15) is 0 Å². The number of nitrogens with zero attached hydrogens (tertiary/aromatic N) is 1. The van der Waals surface area contributed by atoms with E-state index in [4.69, 9.17) is 23.2 Å². The van der Waals surface area contributed by atoms with Crippen molar-refractivity contribution in [3.8, 4) is 0 Å². The van der Waals surface area contributed by atoms with Crippen molar-refractivity contribution in [2.24, 2.45) is 0 Å². The maximum atomic E-state index is 6.21. The van der Waals surface area contributed by atoms with Gasteiger partial charge < -0.3 is 10.2 Å². The molecule has 1 fully saturated rings. The first-order chi connectivity index (χ1) is 7.66. The molecule has 1 unspecified atom stereocenters. The summed E-state index contributed by atoms with van der Waals surface area (Å²) < 4.78 is 0. The number of hydrogen-bond acceptors (Lipinski definition) is 2. The van der Waals surface area contributed by atoms with Crippen LogP contribution in [0.2, 0.25) is 10.0 Å². The molecule has 1 N–H and O–H groups in total. The molecule has 0 bridgehead atoms. The lowest BCUT2D eigenvalue weighted by molar-refractivity contribution is 0.585. The van der Waals surface area contributed by atoms with Gasteiger partial charge in [0, 0.05) is 24.2 Å². The summed E-state index contributed by atoms with van der Waals surface area (Å²) in [6.45, 7) is 5.25. The van der Waals surface area contributed by atoms with E-state index < -0.39 is 0 Å². The van der Waals surface area contributed by atoms with Gasteiger partial charge in [-0.3, -0.25) is 0 Å².